The number of halogens is 1. The first-order valence-corrected chi connectivity index (χ1v) is 10.7. The van der Waals surface area contributed by atoms with Crippen LogP contribution in [0.5, 0.6) is 11.5 Å². The largest absolute Gasteiger partial charge is 0.493 e. The van der Waals surface area contributed by atoms with Crippen LogP contribution < -0.4 is 9.47 Å². The van der Waals surface area contributed by atoms with E-state index in [9.17, 15) is 9.59 Å². The second-order valence-electron chi connectivity index (χ2n) is 6.33. The summed E-state index contributed by atoms with van der Waals surface area (Å²) in [7, 11) is 1.56. The number of carbonyl (C=O) groups is 2. The van der Waals surface area contributed by atoms with Crippen LogP contribution in [0.25, 0.3) is 6.08 Å². The Labute approximate surface area is 187 Å². The maximum absolute atomic E-state index is 12.8. The fraction of sp³-hybridized carbons (Fsp3) is 0.182. The van der Waals surface area contributed by atoms with Crippen molar-refractivity contribution in [2.75, 3.05) is 13.7 Å². The van der Waals surface area contributed by atoms with Crippen molar-refractivity contribution in [3.05, 3.63) is 74.2 Å². The van der Waals surface area contributed by atoms with E-state index >= 15 is 0 Å². The SMILES string of the molecule is C=CCOc1c(I)cc(/C=C2\SC(=O)N(Cc3ccccc3C)C2=O)cc1OC. The predicted molar refractivity (Wildman–Crippen MR) is 124 cm³/mol. The van der Waals surface area contributed by atoms with E-state index in [1.807, 2.05) is 37.3 Å². The van der Waals surface area contributed by atoms with Gasteiger partial charge in [-0.2, -0.15) is 0 Å². The van der Waals surface area contributed by atoms with Gasteiger partial charge in [-0.15, -0.1) is 0 Å². The van der Waals surface area contributed by atoms with Gasteiger partial charge in [0.2, 0.25) is 0 Å². The van der Waals surface area contributed by atoms with E-state index in [1.165, 1.54) is 4.90 Å². The van der Waals surface area contributed by atoms with Crippen molar-refractivity contribution < 1.29 is 19.1 Å². The zero-order valence-electron chi connectivity index (χ0n) is 16.1. The molecule has 1 aliphatic rings. The van der Waals surface area contributed by atoms with Crippen LogP contribution in [0.3, 0.4) is 0 Å². The lowest BCUT2D eigenvalue weighted by molar-refractivity contribution is -0.123. The van der Waals surface area contributed by atoms with E-state index in [1.54, 1.807) is 25.3 Å². The number of aryl methyl sites for hydroxylation is 1. The quantitative estimate of drug-likeness (QED) is 0.277. The highest BCUT2D eigenvalue weighted by molar-refractivity contribution is 14.1. The van der Waals surface area contributed by atoms with Crippen molar-refractivity contribution in [2.45, 2.75) is 13.5 Å². The third-order valence-corrected chi connectivity index (χ3v) is 6.07. The number of hydrogen-bond acceptors (Lipinski definition) is 5. The number of carbonyl (C=O) groups excluding carboxylic acids is 2. The third-order valence-electron chi connectivity index (χ3n) is 4.36. The third kappa shape index (κ3) is 4.84. The Bertz CT molecular complexity index is 1000. The second kappa shape index (κ2) is 9.49. The first-order valence-electron chi connectivity index (χ1n) is 8.85. The minimum Gasteiger partial charge on any atom is -0.493 e. The molecule has 3 rings (SSSR count). The van der Waals surface area contributed by atoms with Crippen LogP contribution in [0, 0.1) is 10.5 Å². The van der Waals surface area contributed by atoms with Gasteiger partial charge in [0.05, 0.1) is 22.1 Å². The molecule has 2 aromatic carbocycles. The molecule has 150 valence electrons. The maximum atomic E-state index is 12.8. The normalized spacial score (nSPS) is 15.1. The van der Waals surface area contributed by atoms with Crippen LogP contribution in [-0.4, -0.2) is 29.8 Å². The average molecular weight is 521 g/mol. The number of hydrogen-bond donors (Lipinski definition) is 0. The molecule has 1 fully saturated rings. The van der Waals surface area contributed by atoms with E-state index < -0.39 is 0 Å². The Kier molecular flexibility index (Phi) is 7.02. The molecule has 0 unspecified atom stereocenters. The first kappa shape index (κ1) is 21.4. The molecule has 0 spiro atoms. The lowest BCUT2D eigenvalue weighted by atomic mass is 10.1. The van der Waals surface area contributed by atoms with Gasteiger partial charge in [-0.05, 0) is 76.2 Å². The van der Waals surface area contributed by atoms with Crippen LogP contribution in [0.4, 0.5) is 4.79 Å². The highest BCUT2D eigenvalue weighted by atomic mass is 127. The van der Waals surface area contributed by atoms with Crippen LogP contribution in [0.15, 0.2) is 54.0 Å². The van der Waals surface area contributed by atoms with Gasteiger partial charge >= 0.3 is 0 Å². The Morgan fingerprint density at radius 2 is 2.00 bits per heavy atom. The molecular formula is C22H20INO4S. The zero-order valence-corrected chi connectivity index (χ0v) is 19.1. The van der Waals surface area contributed by atoms with Gasteiger partial charge in [-0.1, -0.05) is 36.9 Å². The lowest BCUT2D eigenvalue weighted by Gasteiger charge is -2.14. The minimum absolute atomic E-state index is 0.267. The number of methoxy groups -OCH3 is 1. The molecule has 0 atom stereocenters. The van der Waals surface area contributed by atoms with Crippen molar-refractivity contribution >= 4 is 51.6 Å². The van der Waals surface area contributed by atoms with Gasteiger partial charge in [-0.25, -0.2) is 0 Å². The predicted octanol–water partition coefficient (Wildman–Crippen LogP) is 5.41. The summed E-state index contributed by atoms with van der Waals surface area (Å²) < 4.78 is 11.9. The molecule has 1 saturated heterocycles. The molecule has 2 aromatic rings. The Balaban J connectivity index is 1.86. The van der Waals surface area contributed by atoms with Crippen LogP contribution >= 0.6 is 34.4 Å². The van der Waals surface area contributed by atoms with Crippen molar-refractivity contribution in [1.29, 1.82) is 0 Å². The molecule has 7 heteroatoms. The molecule has 5 nitrogen and oxygen atoms in total. The van der Waals surface area contributed by atoms with Crippen LogP contribution in [-0.2, 0) is 11.3 Å². The van der Waals surface area contributed by atoms with Crippen LogP contribution in [0.1, 0.15) is 16.7 Å². The zero-order chi connectivity index (χ0) is 21.0. The fourth-order valence-electron chi connectivity index (χ4n) is 2.85. The van der Waals surface area contributed by atoms with Crippen molar-refractivity contribution in [3.8, 4) is 11.5 Å². The molecule has 2 amide bonds. The summed E-state index contributed by atoms with van der Waals surface area (Å²) in [5.74, 6) is 0.895. The fourth-order valence-corrected chi connectivity index (χ4v) is 4.47. The summed E-state index contributed by atoms with van der Waals surface area (Å²) >= 11 is 3.11. The summed E-state index contributed by atoms with van der Waals surface area (Å²) in [6.45, 7) is 6.25. The highest BCUT2D eigenvalue weighted by Gasteiger charge is 2.35. The molecule has 0 aliphatic carbocycles. The number of benzene rings is 2. The van der Waals surface area contributed by atoms with Crippen molar-refractivity contribution in [2.24, 2.45) is 0 Å². The Morgan fingerprint density at radius 1 is 1.24 bits per heavy atom. The van der Waals surface area contributed by atoms with Crippen molar-refractivity contribution in [1.82, 2.24) is 4.90 Å². The molecule has 0 saturated carbocycles. The standard InChI is InChI=1S/C22H20INO4S/c1-4-9-28-20-17(23)10-15(11-18(20)27-3)12-19-21(25)24(22(26)29-19)13-16-8-6-5-7-14(16)2/h4-8,10-12H,1,9,13H2,2-3H3/b19-12-. The average Bonchev–Trinajstić information content (AvgIpc) is 2.95. The molecule has 29 heavy (non-hydrogen) atoms. The van der Waals surface area contributed by atoms with Gasteiger partial charge < -0.3 is 9.47 Å². The summed E-state index contributed by atoms with van der Waals surface area (Å²) in [6, 6.07) is 11.4. The number of thioether (sulfide) groups is 1. The highest BCUT2D eigenvalue weighted by Crippen LogP contribution is 2.37. The molecule has 1 aliphatic heterocycles. The number of rotatable bonds is 7. The van der Waals surface area contributed by atoms with E-state index in [0.29, 0.717) is 23.0 Å². The molecule has 0 radical (unpaired) electrons. The summed E-state index contributed by atoms with van der Waals surface area (Å²) in [5, 5.41) is -0.267. The van der Waals surface area contributed by atoms with E-state index in [-0.39, 0.29) is 17.7 Å². The van der Waals surface area contributed by atoms with Gasteiger partial charge in [0.25, 0.3) is 11.1 Å². The van der Waals surface area contributed by atoms with Crippen molar-refractivity contribution in [3.63, 3.8) is 0 Å². The summed E-state index contributed by atoms with van der Waals surface area (Å²) in [6.07, 6.45) is 3.37. The molecule has 0 bridgehead atoms. The molecule has 0 N–H and O–H groups in total. The Morgan fingerprint density at radius 3 is 2.69 bits per heavy atom. The van der Waals surface area contributed by atoms with E-state index in [4.69, 9.17) is 9.47 Å². The second-order valence-corrected chi connectivity index (χ2v) is 8.48. The monoisotopic (exact) mass is 521 g/mol. The molecule has 1 heterocycles. The number of amides is 2. The summed E-state index contributed by atoms with van der Waals surface area (Å²) in [4.78, 5) is 26.9. The Hall–Kier alpha value is -2.26. The molecule has 0 aromatic heterocycles. The molecular weight excluding hydrogens is 501 g/mol. The van der Waals surface area contributed by atoms with E-state index in [0.717, 1.165) is 32.0 Å². The van der Waals surface area contributed by atoms with Gasteiger partial charge in [-0.3, -0.25) is 14.5 Å². The van der Waals surface area contributed by atoms with Gasteiger partial charge in [0, 0.05) is 0 Å². The first-order chi connectivity index (χ1) is 13.9. The van der Waals surface area contributed by atoms with E-state index in [2.05, 4.69) is 29.2 Å². The maximum Gasteiger partial charge on any atom is 0.293 e. The lowest BCUT2D eigenvalue weighted by Crippen LogP contribution is -2.27. The summed E-state index contributed by atoms with van der Waals surface area (Å²) in [5.41, 5.74) is 2.76. The number of nitrogens with zero attached hydrogens (tertiary/aromatic N) is 1. The van der Waals surface area contributed by atoms with Crippen LogP contribution in [0.2, 0.25) is 0 Å². The number of ether oxygens (including phenoxy) is 2. The smallest absolute Gasteiger partial charge is 0.293 e. The topological polar surface area (TPSA) is 55.8 Å². The minimum atomic E-state index is -0.288. The van der Waals surface area contributed by atoms with Gasteiger partial charge in [0.1, 0.15) is 6.61 Å². The number of imide groups is 1. The van der Waals surface area contributed by atoms with Gasteiger partial charge in [0.15, 0.2) is 11.5 Å².